The Bertz CT molecular complexity index is 472. The molecule has 1 atom stereocenters. The van der Waals surface area contributed by atoms with E-state index in [4.69, 9.17) is 4.43 Å². The predicted octanol–water partition coefficient (Wildman–Crippen LogP) is 5.15. The third-order valence-electron chi connectivity index (χ3n) is 4.34. The fourth-order valence-corrected chi connectivity index (χ4v) is 3.27. The Morgan fingerprint density at radius 1 is 1.19 bits per heavy atom. The van der Waals surface area contributed by atoms with Gasteiger partial charge in [-0.3, -0.25) is 0 Å². The highest BCUT2D eigenvalue weighted by Crippen LogP contribution is 2.39. The van der Waals surface area contributed by atoms with E-state index in [-0.39, 0.29) is 5.04 Å². The van der Waals surface area contributed by atoms with Crippen molar-refractivity contribution < 1.29 is 9.22 Å². The van der Waals surface area contributed by atoms with E-state index >= 15 is 0 Å². The molecular weight excluding hydrogens is 276 g/mol. The van der Waals surface area contributed by atoms with E-state index in [2.05, 4.69) is 53.8 Å². The van der Waals surface area contributed by atoms with Crippen LogP contribution in [-0.2, 0) is 15.6 Å². The third kappa shape index (κ3) is 4.79. The summed E-state index contributed by atoms with van der Waals surface area (Å²) in [7, 11) is -1.97. The van der Waals surface area contributed by atoms with Crippen LogP contribution in [0.2, 0.25) is 18.1 Å². The molecule has 0 spiro atoms. The number of benzene rings is 1. The molecule has 0 N–H and O–H groups in total. The van der Waals surface area contributed by atoms with Gasteiger partial charge in [0.25, 0.3) is 0 Å². The van der Waals surface area contributed by atoms with E-state index < -0.39 is 14.4 Å². The summed E-state index contributed by atoms with van der Waals surface area (Å²) in [6.07, 6.45) is 1.49. The molecule has 0 aromatic heterocycles. The quantitative estimate of drug-likeness (QED) is 0.537. The number of hydrogen-bond donors (Lipinski definition) is 0. The summed E-state index contributed by atoms with van der Waals surface area (Å²) in [6.45, 7) is 15.4. The lowest BCUT2D eigenvalue weighted by Gasteiger charge is -2.38. The summed E-state index contributed by atoms with van der Waals surface area (Å²) >= 11 is 0. The van der Waals surface area contributed by atoms with Crippen LogP contribution in [0.3, 0.4) is 0 Å². The standard InChI is InChI=1S/C18H30O2Si/c1-14(2)12-15-10-8-9-11-16(15)17(13-19)20-21(6,7)18(3,4)5/h8-11,13-14,17H,12H2,1-7H3. The minimum Gasteiger partial charge on any atom is -0.403 e. The maximum Gasteiger partial charge on any atom is 0.193 e. The molecule has 0 radical (unpaired) electrons. The molecule has 21 heavy (non-hydrogen) atoms. The van der Waals surface area contributed by atoms with E-state index in [1.165, 1.54) is 5.56 Å². The Morgan fingerprint density at radius 2 is 1.76 bits per heavy atom. The third-order valence-corrected chi connectivity index (χ3v) is 8.80. The Balaban J connectivity index is 3.09. The van der Waals surface area contributed by atoms with Crippen molar-refractivity contribution in [3.05, 3.63) is 35.4 Å². The first-order chi connectivity index (χ1) is 9.58. The van der Waals surface area contributed by atoms with Gasteiger partial charge in [-0.25, -0.2) is 0 Å². The fraction of sp³-hybridized carbons (Fsp3) is 0.611. The summed E-state index contributed by atoms with van der Waals surface area (Å²) < 4.78 is 6.33. The molecule has 0 heterocycles. The Kier molecular flexibility index (Phi) is 5.94. The van der Waals surface area contributed by atoms with Crippen LogP contribution in [0.4, 0.5) is 0 Å². The highest BCUT2D eigenvalue weighted by atomic mass is 28.4. The van der Waals surface area contributed by atoms with Crippen LogP contribution in [0.5, 0.6) is 0 Å². The zero-order chi connectivity index (χ0) is 16.3. The van der Waals surface area contributed by atoms with Gasteiger partial charge in [-0.05, 0) is 41.6 Å². The molecule has 0 fully saturated rings. The fourth-order valence-electron chi connectivity index (χ4n) is 2.10. The van der Waals surface area contributed by atoms with Crippen LogP contribution >= 0.6 is 0 Å². The monoisotopic (exact) mass is 306 g/mol. The van der Waals surface area contributed by atoms with Crippen molar-refractivity contribution in [1.82, 2.24) is 0 Å². The predicted molar refractivity (Wildman–Crippen MR) is 92.1 cm³/mol. The Labute approximate surface area is 131 Å². The van der Waals surface area contributed by atoms with Crippen LogP contribution in [0.1, 0.15) is 51.8 Å². The van der Waals surface area contributed by atoms with E-state index in [1.807, 2.05) is 18.2 Å². The minimum absolute atomic E-state index is 0.0985. The van der Waals surface area contributed by atoms with Gasteiger partial charge in [-0.1, -0.05) is 58.9 Å². The van der Waals surface area contributed by atoms with Crippen LogP contribution < -0.4 is 0 Å². The molecule has 1 unspecified atom stereocenters. The highest BCUT2D eigenvalue weighted by molar-refractivity contribution is 6.74. The second-order valence-corrected chi connectivity index (χ2v) is 12.5. The van der Waals surface area contributed by atoms with Crippen molar-refractivity contribution in [2.45, 2.75) is 65.3 Å². The molecule has 0 amide bonds. The first-order valence-corrected chi connectivity index (χ1v) is 10.7. The molecule has 1 rings (SSSR count). The second kappa shape index (κ2) is 6.88. The van der Waals surface area contributed by atoms with E-state index in [1.54, 1.807) is 0 Å². The normalized spacial score (nSPS) is 14.3. The first kappa shape index (κ1) is 18.1. The van der Waals surface area contributed by atoms with Crippen molar-refractivity contribution in [1.29, 1.82) is 0 Å². The summed E-state index contributed by atoms with van der Waals surface area (Å²) in [6, 6.07) is 8.17. The molecule has 2 nitrogen and oxygen atoms in total. The van der Waals surface area contributed by atoms with Crippen molar-refractivity contribution in [3.8, 4) is 0 Å². The average molecular weight is 307 g/mol. The molecule has 1 aromatic rings. The number of aldehydes is 1. The van der Waals surface area contributed by atoms with E-state index in [9.17, 15) is 4.79 Å². The van der Waals surface area contributed by atoms with Gasteiger partial charge in [0, 0.05) is 0 Å². The lowest BCUT2D eigenvalue weighted by molar-refractivity contribution is -0.114. The lowest BCUT2D eigenvalue weighted by atomic mass is 9.95. The SMILES string of the molecule is CC(C)Cc1ccccc1C(C=O)O[Si](C)(C)C(C)(C)C. The lowest BCUT2D eigenvalue weighted by Crippen LogP contribution is -2.42. The molecule has 1 aromatic carbocycles. The average Bonchev–Trinajstić information content (AvgIpc) is 2.35. The van der Waals surface area contributed by atoms with Crippen molar-refractivity contribution >= 4 is 14.6 Å². The van der Waals surface area contributed by atoms with Crippen LogP contribution in [0.15, 0.2) is 24.3 Å². The van der Waals surface area contributed by atoms with Crippen molar-refractivity contribution in [3.63, 3.8) is 0 Å². The molecule has 118 valence electrons. The molecule has 0 saturated heterocycles. The largest absolute Gasteiger partial charge is 0.403 e. The summed E-state index contributed by atoms with van der Waals surface area (Å²) in [5, 5.41) is 0.0985. The van der Waals surface area contributed by atoms with Crippen LogP contribution in [0, 0.1) is 5.92 Å². The van der Waals surface area contributed by atoms with Gasteiger partial charge in [-0.15, -0.1) is 0 Å². The smallest absolute Gasteiger partial charge is 0.193 e. The van der Waals surface area contributed by atoms with Crippen molar-refractivity contribution in [2.75, 3.05) is 0 Å². The first-order valence-electron chi connectivity index (χ1n) is 7.79. The van der Waals surface area contributed by atoms with Gasteiger partial charge in [0.2, 0.25) is 0 Å². The summed E-state index contributed by atoms with van der Waals surface area (Å²) in [5.74, 6) is 0.561. The molecule has 0 aliphatic heterocycles. The molecule has 0 aliphatic rings. The Hall–Kier alpha value is -0.933. The number of carbonyl (C=O) groups excluding carboxylic acids is 1. The maximum absolute atomic E-state index is 11.6. The summed E-state index contributed by atoms with van der Waals surface area (Å²) in [5.41, 5.74) is 2.26. The molecule has 0 bridgehead atoms. The Morgan fingerprint density at radius 3 is 2.24 bits per heavy atom. The van der Waals surface area contributed by atoms with Gasteiger partial charge >= 0.3 is 0 Å². The van der Waals surface area contributed by atoms with Gasteiger partial charge in [0.1, 0.15) is 6.10 Å². The second-order valence-electron chi connectivity index (χ2n) is 7.73. The zero-order valence-corrected chi connectivity index (χ0v) is 15.6. The minimum atomic E-state index is -1.97. The van der Waals surface area contributed by atoms with E-state index in [0.717, 1.165) is 18.3 Å². The maximum atomic E-state index is 11.6. The number of carbonyl (C=O) groups is 1. The van der Waals surface area contributed by atoms with Gasteiger partial charge in [-0.2, -0.15) is 0 Å². The molecule has 0 saturated carbocycles. The summed E-state index contributed by atoms with van der Waals surface area (Å²) in [4.78, 5) is 11.6. The van der Waals surface area contributed by atoms with Gasteiger partial charge < -0.3 is 9.22 Å². The van der Waals surface area contributed by atoms with Gasteiger partial charge in [0.05, 0.1) is 0 Å². The van der Waals surface area contributed by atoms with E-state index in [0.29, 0.717) is 5.92 Å². The highest BCUT2D eigenvalue weighted by Gasteiger charge is 2.39. The van der Waals surface area contributed by atoms with Crippen LogP contribution in [-0.4, -0.2) is 14.6 Å². The molecule has 0 aliphatic carbocycles. The zero-order valence-electron chi connectivity index (χ0n) is 14.6. The van der Waals surface area contributed by atoms with Crippen molar-refractivity contribution in [2.24, 2.45) is 5.92 Å². The van der Waals surface area contributed by atoms with Gasteiger partial charge in [0.15, 0.2) is 14.6 Å². The number of hydrogen-bond acceptors (Lipinski definition) is 2. The molecular formula is C18H30O2Si. The topological polar surface area (TPSA) is 26.3 Å². The number of rotatable bonds is 6. The molecule has 3 heteroatoms. The van der Waals surface area contributed by atoms with Crippen LogP contribution in [0.25, 0.3) is 0 Å².